The van der Waals surface area contributed by atoms with Gasteiger partial charge in [0.15, 0.2) is 0 Å². The van der Waals surface area contributed by atoms with E-state index in [1.807, 2.05) is 73.3 Å². The van der Waals surface area contributed by atoms with Gasteiger partial charge in [0, 0.05) is 23.5 Å². The number of hydrogen-bond acceptors (Lipinski definition) is 4. The van der Waals surface area contributed by atoms with Crippen molar-refractivity contribution in [3.63, 3.8) is 0 Å². The first-order valence-corrected chi connectivity index (χ1v) is 12.3. The van der Waals surface area contributed by atoms with Crippen molar-refractivity contribution < 1.29 is 14.3 Å². The number of carbonyl (C=O) groups excluding carboxylic acids is 2. The standard InChI is InChI=1S/C27H30N2O3S/c1-3-14-28(27(31)21-9-7-8-20(2)17-21)18-26(30)29-15-12-25-23(13-16-33-25)24(29)19-32-22-10-5-4-6-11-22/h4-11,13,16-17,24H,3,12,14-15,18-19H2,1-2H3. The van der Waals surface area contributed by atoms with Crippen LogP contribution in [-0.4, -0.2) is 47.9 Å². The molecule has 172 valence electrons. The Morgan fingerprint density at radius 2 is 1.94 bits per heavy atom. The summed E-state index contributed by atoms with van der Waals surface area (Å²) in [6.45, 7) is 5.63. The molecule has 0 fully saturated rings. The second kappa shape index (κ2) is 10.7. The summed E-state index contributed by atoms with van der Waals surface area (Å²) >= 11 is 1.73. The zero-order valence-corrected chi connectivity index (χ0v) is 20.0. The topological polar surface area (TPSA) is 49.9 Å². The number of amides is 2. The van der Waals surface area contributed by atoms with Gasteiger partial charge in [-0.3, -0.25) is 9.59 Å². The van der Waals surface area contributed by atoms with Crippen molar-refractivity contribution in [3.8, 4) is 5.75 Å². The molecule has 1 aliphatic heterocycles. The minimum atomic E-state index is -0.162. The molecule has 1 aliphatic rings. The van der Waals surface area contributed by atoms with E-state index in [-0.39, 0.29) is 24.4 Å². The van der Waals surface area contributed by atoms with Crippen LogP contribution < -0.4 is 4.74 Å². The highest BCUT2D eigenvalue weighted by molar-refractivity contribution is 7.10. The molecule has 1 unspecified atom stereocenters. The molecule has 0 saturated heterocycles. The van der Waals surface area contributed by atoms with Gasteiger partial charge in [-0.1, -0.05) is 42.8 Å². The Balaban J connectivity index is 1.52. The van der Waals surface area contributed by atoms with E-state index in [0.717, 1.165) is 29.7 Å². The van der Waals surface area contributed by atoms with Crippen molar-refractivity contribution in [3.05, 3.63) is 87.6 Å². The molecule has 5 nitrogen and oxygen atoms in total. The maximum absolute atomic E-state index is 13.5. The highest BCUT2D eigenvalue weighted by Gasteiger charge is 2.33. The zero-order chi connectivity index (χ0) is 23.2. The van der Waals surface area contributed by atoms with Gasteiger partial charge in [-0.15, -0.1) is 11.3 Å². The van der Waals surface area contributed by atoms with Gasteiger partial charge >= 0.3 is 0 Å². The maximum atomic E-state index is 13.5. The summed E-state index contributed by atoms with van der Waals surface area (Å²) in [5.41, 5.74) is 2.81. The molecule has 0 saturated carbocycles. The van der Waals surface area contributed by atoms with Crippen molar-refractivity contribution in [2.24, 2.45) is 0 Å². The van der Waals surface area contributed by atoms with Crippen LogP contribution in [0.3, 0.4) is 0 Å². The Bertz CT molecular complexity index is 1100. The molecule has 0 aliphatic carbocycles. The summed E-state index contributed by atoms with van der Waals surface area (Å²) in [4.78, 5) is 31.6. The first kappa shape index (κ1) is 23.1. The first-order valence-electron chi connectivity index (χ1n) is 11.5. The molecular weight excluding hydrogens is 432 g/mol. The lowest BCUT2D eigenvalue weighted by Gasteiger charge is -2.37. The number of carbonyl (C=O) groups is 2. The molecule has 0 bridgehead atoms. The lowest BCUT2D eigenvalue weighted by Crippen LogP contribution is -2.48. The van der Waals surface area contributed by atoms with Crippen LogP contribution in [0.25, 0.3) is 0 Å². The lowest BCUT2D eigenvalue weighted by atomic mass is 10.0. The molecule has 3 aromatic rings. The average molecular weight is 463 g/mol. The van der Waals surface area contributed by atoms with Crippen LogP contribution in [0.5, 0.6) is 5.75 Å². The number of benzene rings is 2. The number of fused-ring (bicyclic) bond motifs is 1. The number of para-hydroxylation sites is 1. The van der Waals surface area contributed by atoms with Crippen LogP contribution in [0.15, 0.2) is 66.0 Å². The van der Waals surface area contributed by atoms with Gasteiger partial charge in [-0.2, -0.15) is 0 Å². The van der Waals surface area contributed by atoms with Gasteiger partial charge in [0.05, 0.1) is 6.04 Å². The van der Waals surface area contributed by atoms with E-state index in [1.165, 1.54) is 4.88 Å². The molecule has 2 heterocycles. The second-order valence-electron chi connectivity index (χ2n) is 8.37. The molecule has 2 amide bonds. The molecule has 4 rings (SSSR count). The molecule has 33 heavy (non-hydrogen) atoms. The molecule has 0 N–H and O–H groups in total. The molecule has 1 atom stereocenters. The molecule has 1 aromatic heterocycles. The Morgan fingerprint density at radius 3 is 2.70 bits per heavy atom. The average Bonchev–Trinajstić information content (AvgIpc) is 3.31. The Labute approximate surface area is 199 Å². The van der Waals surface area contributed by atoms with Crippen LogP contribution in [-0.2, 0) is 11.2 Å². The fourth-order valence-electron chi connectivity index (χ4n) is 4.30. The Morgan fingerprint density at radius 1 is 1.12 bits per heavy atom. The van der Waals surface area contributed by atoms with E-state index in [9.17, 15) is 9.59 Å². The quantitative estimate of drug-likeness (QED) is 0.467. The summed E-state index contributed by atoms with van der Waals surface area (Å²) in [6, 6.07) is 19.2. The van der Waals surface area contributed by atoms with Crippen molar-refractivity contribution >= 4 is 23.2 Å². The lowest BCUT2D eigenvalue weighted by molar-refractivity contribution is -0.135. The van der Waals surface area contributed by atoms with E-state index in [0.29, 0.717) is 25.3 Å². The van der Waals surface area contributed by atoms with Crippen LogP contribution in [0.1, 0.15) is 45.7 Å². The number of ether oxygens (including phenoxy) is 1. The summed E-state index contributed by atoms with van der Waals surface area (Å²) in [5.74, 6) is 0.650. The third kappa shape index (κ3) is 5.45. The number of thiophene rings is 1. The predicted octanol–water partition coefficient (Wildman–Crippen LogP) is 5.11. The van der Waals surface area contributed by atoms with E-state index in [1.54, 1.807) is 16.2 Å². The Hall–Kier alpha value is -3.12. The second-order valence-corrected chi connectivity index (χ2v) is 9.37. The minimum absolute atomic E-state index is 0.0389. The number of aryl methyl sites for hydroxylation is 1. The smallest absolute Gasteiger partial charge is 0.254 e. The highest BCUT2D eigenvalue weighted by Crippen LogP contribution is 2.34. The van der Waals surface area contributed by atoms with Gasteiger partial charge in [-0.25, -0.2) is 0 Å². The molecule has 0 radical (unpaired) electrons. The van der Waals surface area contributed by atoms with E-state index in [4.69, 9.17) is 4.74 Å². The first-order chi connectivity index (χ1) is 16.1. The maximum Gasteiger partial charge on any atom is 0.254 e. The van der Waals surface area contributed by atoms with Gasteiger partial charge in [0.1, 0.15) is 18.9 Å². The molecule has 0 spiro atoms. The van der Waals surface area contributed by atoms with Gasteiger partial charge in [-0.05, 0) is 61.0 Å². The highest BCUT2D eigenvalue weighted by atomic mass is 32.1. The summed E-state index contributed by atoms with van der Waals surface area (Å²) in [7, 11) is 0. The largest absolute Gasteiger partial charge is 0.491 e. The fourth-order valence-corrected chi connectivity index (χ4v) is 5.23. The zero-order valence-electron chi connectivity index (χ0n) is 19.2. The Kier molecular flexibility index (Phi) is 7.45. The number of hydrogen-bond donors (Lipinski definition) is 0. The normalized spacial score (nSPS) is 15.1. The van der Waals surface area contributed by atoms with Crippen molar-refractivity contribution in [2.45, 2.75) is 32.7 Å². The van der Waals surface area contributed by atoms with Gasteiger partial charge in [0.25, 0.3) is 5.91 Å². The summed E-state index contributed by atoms with van der Waals surface area (Å²) < 4.78 is 6.06. The van der Waals surface area contributed by atoms with E-state index in [2.05, 4.69) is 11.4 Å². The monoisotopic (exact) mass is 462 g/mol. The molecule has 6 heteroatoms. The van der Waals surface area contributed by atoms with Crippen LogP contribution in [0.4, 0.5) is 0 Å². The van der Waals surface area contributed by atoms with Crippen molar-refractivity contribution in [2.75, 3.05) is 26.2 Å². The van der Waals surface area contributed by atoms with Gasteiger partial charge in [0.2, 0.25) is 5.91 Å². The van der Waals surface area contributed by atoms with Crippen molar-refractivity contribution in [1.29, 1.82) is 0 Å². The predicted molar refractivity (Wildman–Crippen MR) is 132 cm³/mol. The molecule has 2 aromatic carbocycles. The third-order valence-electron chi connectivity index (χ3n) is 5.94. The fraction of sp³-hybridized carbons (Fsp3) is 0.333. The van der Waals surface area contributed by atoms with Crippen LogP contribution >= 0.6 is 11.3 Å². The van der Waals surface area contributed by atoms with Crippen LogP contribution in [0.2, 0.25) is 0 Å². The van der Waals surface area contributed by atoms with E-state index >= 15 is 0 Å². The number of rotatable bonds is 8. The number of nitrogens with zero attached hydrogens (tertiary/aromatic N) is 2. The van der Waals surface area contributed by atoms with Crippen LogP contribution in [0, 0.1) is 6.92 Å². The third-order valence-corrected chi connectivity index (χ3v) is 6.93. The minimum Gasteiger partial charge on any atom is -0.491 e. The van der Waals surface area contributed by atoms with Gasteiger partial charge < -0.3 is 14.5 Å². The summed E-state index contributed by atoms with van der Waals surface area (Å²) in [5, 5.41) is 2.08. The van der Waals surface area contributed by atoms with E-state index < -0.39 is 0 Å². The molecular formula is C27H30N2O3S. The summed E-state index contributed by atoms with van der Waals surface area (Å²) in [6.07, 6.45) is 1.63. The SMILES string of the molecule is CCCN(CC(=O)N1CCc2sccc2C1COc1ccccc1)C(=O)c1cccc(C)c1. The van der Waals surface area contributed by atoms with Crippen molar-refractivity contribution in [1.82, 2.24) is 9.80 Å².